The van der Waals surface area contributed by atoms with Crippen molar-refractivity contribution in [3.8, 4) is 0 Å². The Morgan fingerprint density at radius 3 is 1.75 bits per heavy atom. The lowest BCUT2D eigenvalue weighted by Crippen LogP contribution is -2.29. The summed E-state index contributed by atoms with van der Waals surface area (Å²) in [6, 6.07) is 0. The van der Waals surface area contributed by atoms with Gasteiger partial charge in [-0.05, 0) is 20.8 Å². The van der Waals surface area contributed by atoms with Gasteiger partial charge in [0.2, 0.25) is 0 Å². The molecule has 0 saturated heterocycles. The Morgan fingerprint density at radius 2 is 1.75 bits per heavy atom. The molecule has 0 aliphatic carbocycles. The number of carboxylic acid groups (broad SMARTS) is 1. The van der Waals surface area contributed by atoms with E-state index in [2.05, 4.69) is 0 Å². The topological polar surface area (TPSA) is 104 Å². The predicted molar refractivity (Wildman–Crippen MR) is 44.7 cm³/mol. The Hall–Kier alpha value is -0.650. The summed E-state index contributed by atoms with van der Waals surface area (Å²) in [6.07, 6.45) is -1.23. The second-order valence-electron chi connectivity index (χ2n) is 3.03. The first-order chi connectivity index (χ1) is 5.20. The van der Waals surface area contributed by atoms with Crippen LogP contribution in [-0.2, 0) is 4.79 Å². The predicted octanol–water partition coefficient (Wildman–Crippen LogP) is -0.832. The smallest absolute Gasteiger partial charge is 0.332 e. The molecule has 0 aliphatic heterocycles. The van der Waals surface area contributed by atoms with Gasteiger partial charge in [0, 0.05) is 6.54 Å². The average molecular weight is 179 g/mol. The normalized spacial score (nSPS) is 12.8. The van der Waals surface area contributed by atoms with Crippen molar-refractivity contribution >= 4 is 5.97 Å². The fraction of sp³-hybridized carbons (Fsp3) is 0.857. The molecule has 0 heterocycles. The number of aliphatic hydroxyl groups is 2. The van der Waals surface area contributed by atoms with Gasteiger partial charge in [0.15, 0.2) is 0 Å². The van der Waals surface area contributed by atoms with Crippen LogP contribution >= 0.6 is 0 Å². The van der Waals surface area contributed by atoms with E-state index in [4.69, 9.17) is 21.1 Å². The first-order valence-corrected chi connectivity index (χ1v) is 3.54. The van der Waals surface area contributed by atoms with Crippen molar-refractivity contribution in [3.05, 3.63) is 0 Å². The van der Waals surface area contributed by atoms with Gasteiger partial charge in [-0.25, -0.2) is 4.79 Å². The molecule has 0 aromatic rings. The molecule has 0 aromatic carbocycles. The monoisotopic (exact) mass is 179 g/mol. The van der Waals surface area contributed by atoms with Gasteiger partial charge in [0.05, 0.1) is 5.60 Å². The molecule has 74 valence electrons. The third-order valence-electron chi connectivity index (χ3n) is 0.857. The number of hydrogen-bond donors (Lipinski definition) is 4. The lowest BCUT2D eigenvalue weighted by atomic mass is 10.1. The number of aliphatic hydroxyl groups excluding tert-OH is 1. The number of nitrogens with two attached hydrogens (primary N) is 1. The van der Waals surface area contributed by atoms with Crippen LogP contribution in [-0.4, -0.2) is 39.5 Å². The lowest BCUT2D eigenvalue weighted by molar-refractivity contribution is -0.145. The first-order valence-electron chi connectivity index (χ1n) is 3.54. The molecule has 5 heteroatoms. The Morgan fingerprint density at radius 1 is 1.58 bits per heavy atom. The second-order valence-corrected chi connectivity index (χ2v) is 3.03. The van der Waals surface area contributed by atoms with Crippen molar-refractivity contribution in [2.24, 2.45) is 5.73 Å². The zero-order chi connectivity index (χ0) is 10.4. The largest absolute Gasteiger partial charge is 0.479 e. The first kappa shape index (κ1) is 13.9. The summed E-state index contributed by atoms with van der Waals surface area (Å²) in [7, 11) is 0. The van der Waals surface area contributed by atoms with Crippen LogP contribution in [0.25, 0.3) is 0 Å². The van der Waals surface area contributed by atoms with Crippen molar-refractivity contribution in [2.45, 2.75) is 32.5 Å². The highest BCUT2D eigenvalue weighted by Crippen LogP contribution is 1.93. The van der Waals surface area contributed by atoms with E-state index in [1.165, 1.54) is 6.92 Å². The minimum Gasteiger partial charge on any atom is -0.479 e. The van der Waals surface area contributed by atoms with E-state index in [0.29, 0.717) is 6.54 Å². The van der Waals surface area contributed by atoms with Gasteiger partial charge in [-0.15, -0.1) is 0 Å². The van der Waals surface area contributed by atoms with Gasteiger partial charge < -0.3 is 21.1 Å². The van der Waals surface area contributed by atoms with Crippen molar-refractivity contribution in [3.63, 3.8) is 0 Å². The minimum absolute atomic E-state index is 0.326. The fourth-order valence-electron chi connectivity index (χ4n) is 0. The van der Waals surface area contributed by atoms with Crippen molar-refractivity contribution in [2.75, 3.05) is 6.54 Å². The highest BCUT2D eigenvalue weighted by atomic mass is 16.4. The number of carbonyl (C=O) groups is 1. The van der Waals surface area contributed by atoms with E-state index in [-0.39, 0.29) is 0 Å². The Kier molecular flexibility index (Phi) is 6.88. The third kappa shape index (κ3) is 16.2. The maximum absolute atomic E-state index is 9.45. The summed E-state index contributed by atoms with van der Waals surface area (Å²) >= 11 is 0. The standard InChI is InChI=1S/C4H11NO.C3H6O3/c1-4(2,6)3-5;1-2(4)3(5)6/h6H,3,5H2,1-2H3;2,4H,1H3,(H,5,6). The van der Waals surface area contributed by atoms with Crippen LogP contribution in [0.5, 0.6) is 0 Å². The van der Waals surface area contributed by atoms with E-state index in [9.17, 15) is 4.79 Å². The maximum atomic E-state index is 9.45. The van der Waals surface area contributed by atoms with Gasteiger partial charge in [-0.2, -0.15) is 0 Å². The summed E-state index contributed by atoms with van der Waals surface area (Å²) in [5, 5.41) is 24.5. The van der Waals surface area contributed by atoms with Crippen LogP contribution in [0.15, 0.2) is 0 Å². The second kappa shape index (κ2) is 5.93. The van der Waals surface area contributed by atoms with Gasteiger partial charge >= 0.3 is 5.97 Å². The molecule has 0 amide bonds. The maximum Gasteiger partial charge on any atom is 0.332 e. The van der Waals surface area contributed by atoms with Crippen LogP contribution in [0, 0.1) is 0 Å². The molecule has 0 rings (SSSR count). The molecule has 0 spiro atoms. The number of carboxylic acids is 1. The van der Waals surface area contributed by atoms with Crippen LogP contribution in [0.4, 0.5) is 0 Å². The molecule has 0 fully saturated rings. The van der Waals surface area contributed by atoms with Gasteiger partial charge in [-0.3, -0.25) is 0 Å². The average Bonchev–Trinajstić information content (AvgIpc) is 1.87. The van der Waals surface area contributed by atoms with Crippen LogP contribution < -0.4 is 5.73 Å². The molecular weight excluding hydrogens is 162 g/mol. The summed E-state index contributed by atoms with van der Waals surface area (Å²) in [4.78, 5) is 9.45. The summed E-state index contributed by atoms with van der Waals surface area (Å²) < 4.78 is 0. The number of hydrogen-bond acceptors (Lipinski definition) is 4. The molecule has 0 aromatic heterocycles. The van der Waals surface area contributed by atoms with Gasteiger partial charge in [-0.1, -0.05) is 0 Å². The molecule has 0 aliphatic rings. The molecule has 12 heavy (non-hydrogen) atoms. The lowest BCUT2D eigenvalue weighted by Gasteiger charge is -2.11. The molecule has 5 nitrogen and oxygen atoms in total. The molecular formula is C7H17NO4. The highest BCUT2D eigenvalue weighted by Gasteiger charge is 2.06. The Bertz CT molecular complexity index is 128. The SMILES string of the molecule is CC(C)(O)CN.CC(O)C(=O)O. The number of rotatable bonds is 2. The Balaban J connectivity index is 0. The third-order valence-corrected chi connectivity index (χ3v) is 0.857. The highest BCUT2D eigenvalue weighted by molar-refractivity contribution is 5.71. The molecule has 0 radical (unpaired) electrons. The summed E-state index contributed by atoms with van der Waals surface area (Å²) in [6.45, 7) is 4.87. The van der Waals surface area contributed by atoms with E-state index < -0.39 is 17.7 Å². The van der Waals surface area contributed by atoms with Crippen LogP contribution in [0.1, 0.15) is 20.8 Å². The quantitative estimate of drug-likeness (QED) is 0.443. The van der Waals surface area contributed by atoms with E-state index in [1.807, 2.05) is 0 Å². The molecule has 1 unspecified atom stereocenters. The van der Waals surface area contributed by atoms with Gasteiger partial charge in [0.25, 0.3) is 0 Å². The van der Waals surface area contributed by atoms with E-state index >= 15 is 0 Å². The minimum atomic E-state index is -1.23. The fourth-order valence-corrected chi connectivity index (χ4v) is 0. The van der Waals surface area contributed by atoms with E-state index in [0.717, 1.165) is 0 Å². The zero-order valence-corrected chi connectivity index (χ0v) is 7.61. The van der Waals surface area contributed by atoms with E-state index in [1.54, 1.807) is 13.8 Å². The van der Waals surface area contributed by atoms with Crippen LogP contribution in [0.2, 0.25) is 0 Å². The molecule has 1 atom stereocenters. The Labute approximate surface area is 71.8 Å². The molecule has 0 bridgehead atoms. The summed E-state index contributed by atoms with van der Waals surface area (Å²) in [5.74, 6) is -1.19. The van der Waals surface area contributed by atoms with Crippen molar-refractivity contribution in [1.29, 1.82) is 0 Å². The summed E-state index contributed by atoms with van der Waals surface area (Å²) in [5.41, 5.74) is 4.38. The van der Waals surface area contributed by atoms with Crippen molar-refractivity contribution in [1.82, 2.24) is 0 Å². The zero-order valence-electron chi connectivity index (χ0n) is 7.61. The molecule has 5 N–H and O–H groups in total. The number of aliphatic carboxylic acids is 1. The molecule has 0 saturated carbocycles. The van der Waals surface area contributed by atoms with Crippen molar-refractivity contribution < 1.29 is 20.1 Å². The van der Waals surface area contributed by atoms with Crippen LogP contribution in [0.3, 0.4) is 0 Å². The van der Waals surface area contributed by atoms with Gasteiger partial charge in [0.1, 0.15) is 6.10 Å².